The first-order valence-electron chi connectivity index (χ1n) is 11.7. The molecule has 0 aliphatic carbocycles. The highest BCUT2D eigenvalue weighted by Crippen LogP contribution is 2.29. The molecule has 0 saturated heterocycles. The number of methoxy groups -OCH3 is 1. The summed E-state index contributed by atoms with van der Waals surface area (Å²) in [7, 11) is -2.36. The zero-order valence-electron chi connectivity index (χ0n) is 20.7. The third-order valence-electron chi connectivity index (χ3n) is 5.78. The lowest BCUT2D eigenvalue weighted by Gasteiger charge is -2.31. The van der Waals surface area contributed by atoms with Crippen molar-refractivity contribution in [2.75, 3.05) is 38.7 Å². The number of aromatic nitrogens is 1. The van der Waals surface area contributed by atoms with Crippen LogP contribution in [0, 0.1) is 11.8 Å². The van der Waals surface area contributed by atoms with Gasteiger partial charge < -0.3 is 24.6 Å². The Morgan fingerprint density at radius 2 is 2.00 bits per heavy atom. The first-order chi connectivity index (χ1) is 17.2. The van der Waals surface area contributed by atoms with Gasteiger partial charge in [0.15, 0.2) is 5.76 Å². The quantitative estimate of drug-likeness (QED) is 0.438. The molecule has 0 radical (unpaired) electrons. The lowest BCUT2D eigenvalue weighted by Crippen LogP contribution is -2.38. The number of aliphatic hydroxyl groups excluding tert-OH is 1. The van der Waals surface area contributed by atoms with Gasteiger partial charge in [-0.05, 0) is 54.3 Å². The van der Waals surface area contributed by atoms with Gasteiger partial charge in [-0.1, -0.05) is 13.8 Å². The molecule has 1 aliphatic heterocycles. The van der Waals surface area contributed by atoms with Crippen LogP contribution in [-0.4, -0.2) is 68.4 Å². The summed E-state index contributed by atoms with van der Waals surface area (Å²) >= 11 is 0. The lowest BCUT2D eigenvalue weighted by atomic mass is 9.90. The van der Waals surface area contributed by atoms with Crippen LogP contribution < -0.4 is 10.1 Å². The van der Waals surface area contributed by atoms with Crippen molar-refractivity contribution in [3.05, 3.63) is 60.6 Å². The molecular formula is C25H33N3O7S. The highest BCUT2D eigenvalue weighted by atomic mass is 32.2. The molecule has 0 unspecified atom stereocenters. The number of rotatable bonds is 12. The average molecular weight is 520 g/mol. The van der Waals surface area contributed by atoms with Crippen LogP contribution in [0.4, 0.5) is 5.69 Å². The molecule has 0 fully saturated rings. The minimum Gasteiger partial charge on any atom is -0.497 e. The highest BCUT2D eigenvalue weighted by molar-refractivity contribution is 7.89. The summed E-state index contributed by atoms with van der Waals surface area (Å²) in [5, 5.41) is 12.2. The second-order valence-electron chi connectivity index (χ2n) is 8.59. The third-order valence-corrected chi connectivity index (χ3v) is 7.69. The van der Waals surface area contributed by atoms with Gasteiger partial charge in [-0.15, -0.1) is 0 Å². The topological polar surface area (TPSA) is 127 Å². The second kappa shape index (κ2) is 12.8. The zero-order valence-corrected chi connectivity index (χ0v) is 21.5. The van der Waals surface area contributed by atoms with E-state index in [4.69, 9.17) is 14.2 Å². The predicted molar refractivity (Wildman–Crippen MR) is 134 cm³/mol. The van der Waals surface area contributed by atoms with E-state index in [1.807, 2.05) is 13.8 Å². The molecule has 0 bridgehead atoms. The van der Waals surface area contributed by atoms with Crippen LogP contribution in [0.15, 0.2) is 65.5 Å². The van der Waals surface area contributed by atoms with Gasteiger partial charge in [0.25, 0.3) is 5.91 Å². The van der Waals surface area contributed by atoms with Gasteiger partial charge in [0, 0.05) is 25.7 Å². The SMILES string of the molecule is COc1ccc(S(=O)(=O)N(CCO)CCO[C@H]2C[C@@H](C(C)C)C=C(C(=O)Nc3cccnc3)O2)cc1. The van der Waals surface area contributed by atoms with E-state index >= 15 is 0 Å². The molecule has 2 aromatic rings. The molecule has 10 nitrogen and oxygen atoms in total. The summed E-state index contributed by atoms with van der Waals surface area (Å²) < 4.78 is 44.1. The number of nitrogens with zero attached hydrogens (tertiary/aromatic N) is 2. The Morgan fingerprint density at radius 3 is 2.61 bits per heavy atom. The van der Waals surface area contributed by atoms with Crippen molar-refractivity contribution >= 4 is 21.6 Å². The standard InChI is InChI=1S/C25H33N3O7S/c1-18(2)19-15-23(25(30)27-20-5-4-10-26-17-20)35-24(16-19)34-14-12-28(11-13-29)36(31,32)22-8-6-21(33-3)7-9-22/h4-10,15,17-19,24,29H,11-14,16H2,1-3H3,(H,27,30)/t19-,24+/m0/s1. The van der Waals surface area contributed by atoms with Crippen molar-refractivity contribution in [2.45, 2.75) is 31.5 Å². The number of anilines is 1. The number of pyridine rings is 1. The molecule has 0 saturated carbocycles. The minimum absolute atomic E-state index is 0.00204. The van der Waals surface area contributed by atoms with E-state index in [1.165, 1.54) is 25.4 Å². The van der Waals surface area contributed by atoms with Crippen LogP contribution in [0.2, 0.25) is 0 Å². The van der Waals surface area contributed by atoms with Crippen molar-refractivity contribution in [3.8, 4) is 5.75 Å². The number of amides is 1. The van der Waals surface area contributed by atoms with E-state index in [9.17, 15) is 18.3 Å². The van der Waals surface area contributed by atoms with Gasteiger partial charge in [0.2, 0.25) is 16.3 Å². The summed E-state index contributed by atoms with van der Waals surface area (Å²) in [4.78, 5) is 16.8. The maximum absolute atomic E-state index is 13.1. The molecule has 36 heavy (non-hydrogen) atoms. The number of aliphatic hydroxyl groups is 1. The molecule has 196 valence electrons. The molecule has 1 aromatic carbocycles. The van der Waals surface area contributed by atoms with E-state index in [0.717, 1.165) is 4.31 Å². The molecule has 2 atom stereocenters. The molecule has 1 aromatic heterocycles. The van der Waals surface area contributed by atoms with Crippen LogP contribution in [0.1, 0.15) is 20.3 Å². The Hall–Kier alpha value is -2.99. The lowest BCUT2D eigenvalue weighted by molar-refractivity contribution is -0.148. The van der Waals surface area contributed by atoms with Gasteiger partial charge in [-0.3, -0.25) is 9.78 Å². The Labute approximate surface area is 211 Å². The Morgan fingerprint density at radius 1 is 1.25 bits per heavy atom. The fourth-order valence-electron chi connectivity index (χ4n) is 3.69. The Balaban J connectivity index is 1.64. The monoisotopic (exact) mass is 519 g/mol. The van der Waals surface area contributed by atoms with Gasteiger partial charge in [-0.25, -0.2) is 8.42 Å². The molecule has 1 amide bonds. The molecular weight excluding hydrogens is 486 g/mol. The van der Waals surface area contributed by atoms with E-state index in [1.54, 1.807) is 36.5 Å². The van der Waals surface area contributed by atoms with Crippen molar-refractivity contribution in [1.29, 1.82) is 0 Å². The number of hydrogen-bond acceptors (Lipinski definition) is 8. The van der Waals surface area contributed by atoms with Crippen molar-refractivity contribution in [1.82, 2.24) is 9.29 Å². The third kappa shape index (κ3) is 7.26. The van der Waals surface area contributed by atoms with E-state index in [2.05, 4.69) is 10.3 Å². The maximum atomic E-state index is 13.1. The summed E-state index contributed by atoms with van der Waals surface area (Å²) in [6, 6.07) is 9.47. The molecule has 0 spiro atoms. The fourth-order valence-corrected chi connectivity index (χ4v) is 5.10. The highest BCUT2D eigenvalue weighted by Gasteiger charge is 2.30. The number of allylic oxidation sites excluding steroid dienone is 1. The summed E-state index contributed by atoms with van der Waals surface area (Å²) in [6.45, 7) is 3.68. The number of sulfonamides is 1. The van der Waals surface area contributed by atoms with Gasteiger partial charge in [-0.2, -0.15) is 4.31 Å². The minimum atomic E-state index is -3.86. The average Bonchev–Trinajstić information content (AvgIpc) is 2.88. The largest absolute Gasteiger partial charge is 0.497 e. The maximum Gasteiger partial charge on any atom is 0.290 e. The van der Waals surface area contributed by atoms with Crippen LogP contribution in [-0.2, 0) is 24.3 Å². The van der Waals surface area contributed by atoms with Crippen LogP contribution in [0.3, 0.4) is 0 Å². The zero-order chi connectivity index (χ0) is 26.1. The molecule has 2 N–H and O–H groups in total. The smallest absolute Gasteiger partial charge is 0.290 e. The molecule has 2 heterocycles. The van der Waals surface area contributed by atoms with Crippen molar-refractivity contribution in [2.24, 2.45) is 11.8 Å². The van der Waals surface area contributed by atoms with Crippen LogP contribution >= 0.6 is 0 Å². The molecule has 1 aliphatic rings. The number of ether oxygens (including phenoxy) is 3. The summed E-state index contributed by atoms with van der Waals surface area (Å²) in [5.41, 5.74) is 0.541. The number of carbonyl (C=O) groups is 1. The van der Waals surface area contributed by atoms with Gasteiger partial charge in [0.05, 0.1) is 37.1 Å². The number of carbonyl (C=O) groups excluding carboxylic acids is 1. The van der Waals surface area contributed by atoms with E-state index in [0.29, 0.717) is 17.9 Å². The number of benzene rings is 1. The summed E-state index contributed by atoms with van der Waals surface area (Å²) in [5.74, 6) is 0.548. The predicted octanol–water partition coefficient (Wildman–Crippen LogP) is 2.63. The molecule has 11 heteroatoms. The Kier molecular flexibility index (Phi) is 9.82. The van der Waals surface area contributed by atoms with Gasteiger partial charge >= 0.3 is 0 Å². The van der Waals surface area contributed by atoms with E-state index in [-0.39, 0.29) is 48.8 Å². The normalized spacial score (nSPS) is 18.0. The van der Waals surface area contributed by atoms with Crippen molar-refractivity contribution < 1.29 is 32.5 Å². The van der Waals surface area contributed by atoms with Crippen molar-refractivity contribution in [3.63, 3.8) is 0 Å². The fraction of sp³-hybridized carbons (Fsp3) is 0.440. The first kappa shape index (κ1) is 27.6. The van der Waals surface area contributed by atoms with E-state index < -0.39 is 22.2 Å². The van der Waals surface area contributed by atoms with Crippen LogP contribution in [0.25, 0.3) is 0 Å². The van der Waals surface area contributed by atoms with Gasteiger partial charge in [0.1, 0.15) is 5.75 Å². The first-order valence-corrected chi connectivity index (χ1v) is 13.1. The number of hydrogen-bond donors (Lipinski definition) is 2. The van der Waals surface area contributed by atoms with Crippen LogP contribution in [0.5, 0.6) is 5.75 Å². The second-order valence-corrected chi connectivity index (χ2v) is 10.5. The summed E-state index contributed by atoms with van der Waals surface area (Å²) in [6.07, 6.45) is 4.74. The molecule has 3 rings (SSSR count). The Bertz CT molecular complexity index is 1120. The number of nitrogens with one attached hydrogen (secondary N) is 1.